The van der Waals surface area contributed by atoms with E-state index in [0.717, 1.165) is 22.8 Å². The van der Waals surface area contributed by atoms with Crippen LogP contribution in [-0.2, 0) is 6.61 Å². The molecule has 0 fully saturated rings. The van der Waals surface area contributed by atoms with E-state index < -0.39 is 0 Å². The van der Waals surface area contributed by atoms with Crippen molar-refractivity contribution < 1.29 is 4.74 Å². The molecular weight excluding hydrogens is 250 g/mol. The highest BCUT2D eigenvalue weighted by Gasteiger charge is 2.13. The molecule has 0 atom stereocenters. The van der Waals surface area contributed by atoms with Crippen molar-refractivity contribution in [2.75, 3.05) is 12.4 Å². The van der Waals surface area contributed by atoms with Gasteiger partial charge in [-0.25, -0.2) is 4.98 Å². The molecule has 1 N–H and O–H groups in total. The van der Waals surface area contributed by atoms with E-state index in [2.05, 4.69) is 29.1 Å². The normalized spacial score (nSPS) is 10.7. The highest BCUT2D eigenvalue weighted by atomic mass is 16.5. The third kappa shape index (κ3) is 3.26. The lowest BCUT2D eigenvalue weighted by Gasteiger charge is -2.14. The Balaban J connectivity index is 2.24. The molecule has 0 aliphatic carbocycles. The average molecular weight is 271 g/mol. The summed E-state index contributed by atoms with van der Waals surface area (Å²) in [4.78, 5) is 9.03. The molecule has 0 aliphatic rings. The maximum absolute atomic E-state index is 5.87. The Labute approximate surface area is 120 Å². The maximum Gasteiger partial charge on any atom is 0.222 e. The van der Waals surface area contributed by atoms with Gasteiger partial charge in [0.2, 0.25) is 5.88 Å². The molecule has 0 amide bonds. The van der Waals surface area contributed by atoms with Gasteiger partial charge < -0.3 is 10.1 Å². The molecule has 1 heterocycles. The minimum Gasteiger partial charge on any atom is -0.472 e. The van der Waals surface area contributed by atoms with Gasteiger partial charge in [-0.1, -0.05) is 44.2 Å². The molecule has 2 aromatic rings. The molecule has 0 bridgehead atoms. The molecule has 0 spiro atoms. The summed E-state index contributed by atoms with van der Waals surface area (Å²) in [5.41, 5.74) is 2.07. The van der Waals surface area contributed by atoms with Crippen molar-refractivity contribution in [1.29, 1.82) is 0 Å². The molecular formula is C16H21N3O. The maximum atomic E-state index is 5.87. The van der Waals surface area contributed by atoms with Crippen molar-refractivity contribution in [1.82, 2.24) is 9.97 Å². The predicted octanol–water partition coefficient (Wildman–Crippen LogP) is 3.53. The van der Waals surface area contributed by atoms with Gasteiger partial charge in [0.05, 0.1) is 5.56 Å². The Kier molecular flexibility index (Phi) is 4.56. The summed E-state index contributed by atoms with van der Waals surface area (Å²) in [6, 6.07) is 10.1. The van der Waals surface area contributed by atoms with Crippen LogP contribution in [0.15, 0.2) is 30.3 Å². The van der Waals surface area contributed by atoms with Crippen LogP contribution in [0.4, 0.5) is 5.82 Å². The number of hydrogen-bond acceptors (Lipinski definition) is 4. The number of rotatable bonds is 5. The Hall–Kier alpha value is -2.10. The lowest BCUT2D eigenvalue weighted by molar-refractivity contribution is 0.289. The van der Waals surface area contributed by atoms with Gasteiger partial charge in [0, 0.05) is 13.0 Å². The van der Waals surface area contributed by atoms with Crippen molar-refractivity contribution in [2.24, 2.45) is 0 Å². The highest BCUT2D eigenvalue weighted by molar-refractivity contribution is 5.48. The summed E-state index contributed by atoms with van der Waals surface area (Å²) in [5, 5.41) is 3.10. The average Bonchev–Trinajstić information content (AvgIpc) is 2.47. The van der Waals surface area contributed by atoms with Gasteiger partial charge >= 0.3 is 0 Å². The first kappa shape index (κ1) is 14.3. The van der Waals surface area contributed by atoms with E-state index in [-0.39, 0.29) is 5.92 Å². The number of nitrogens with one attached hydrogen (secondary N) is 1. The third-order valence-electron chi connectivity index (χ3n) is 3.09. The van der Waals surface area contributed by atoms with E-state index in [0.29, 0.717) is 12.5 Å². The molecule has 20 heavy (non-hydrogen) atoms. The van der Waals surface area contributed by atoms with Crippen LogP contribution in [0, 0.1) is 6.92 Å². The molecule has 2 rings (SSSR count). The van der Waals surface area contributed by atoms with Crippen LogP contribution in [0.1, 0.15) is 36.7 Å². The summed E-state index contributed by atoms with van der Waals surface area (Å²) in [6.45, 7) is 6.63. The fourth-order valence-corrected chi connectivity index (χ4v) is 1.88. The minimum absolute atomic E-state index is 0.266. The van der Waals surface area contributed by atoms with Crippen molar-refractivity contribution in [3.63, 3.8) is 0 Å². The number of ether oxygens (including phenoxy) is 1. The van der Waals surface area contributed by atoms with E-state index in [1.165, 1.54) is 0 Å². The van der Waals surface area contributed by atoms with Crippen LogP contribution in [0.2, 0.25) is 0 Å². The first-order chi connectivity index (χ1) is 9.61. The van der Waals surface area contributed by atoms with Gasteiger partial charge in [-0.2, -0.15) is 4.98 Å². The minimum atomic E-state index is 0.266. The molecule has 0 saturated carbocycles. The summed E-state index contributed by atoms with van der Waals surface area (Å²) in [6.07, 6.45) is 0. The van der Waals surface area contributed by atoms with Crippen molar-refractivity contribution >= 4 is 5.82 Å². The Morgan fingerprint density at radius 3 is 2.45 bits per heavy atom. The van der Waals surface area contributed by atoms with Crippen molar-refractivity contribution in [2.45, 2.75) is 33.3 Å². The lowest BCUT2D eigenvalue weighted by Crippen LogP contribution is -2.08. The summed E-state index contributed by atoms with van der Waals surface area (Å²) in [7, 11) is 1.86. The Morgan fingerprint density at radius 2 is 1.85 bits per heavy atom. The smallest absolute Gasteiger partial charge is 0.222 e. The van der Waals surface area contributed by atoms with Gasteiger partial charge in [0.15, 0.2) is 0 Å². The van der Waals surface area contributed by atoms with Crippen LogP contribution in [0.3, 0.4) is 0 Å². The standard InChI is InChI=1S/C16H21N3O/c1-11(2)14-18-15(17-4)12(3)16(19-14)20-10-13-8-6-5-7-9-13/h5-9,11H,10H2,1-4H3,(H,17,18,19). The summed E-state index contributed by atoms with van der Waals surface area (Å²) >= 11 is 0. The molecule has 4 heteroatoms. The first-order valence-electron chi connectivity index (χ1n) is 6.84. The second kappa shape index (κ2) is 6.37. The second-order valence-electron chi connectivity index (χ2n) is 5.04. The van der Waals surface area contributed by atoms with Gasteiger partial charge in [0.1, 0.15) is 18.2 Å². The summed E-state index contributed by atoms with van der Waals surface area (Å²) in [5.74, 6) is 2.54. The van der Waals surface area contributed by atoms with Gasteiger partial charge in [0.25, 0.3) is 0 Å². The molecule has 0 radical (unpaired) electrons. The molecule has 4 nitrogen and oxygen atoms in total. The van der Waals surface area contributed by atoms with Crippen molar-refractivity contribution in [3.8, 4) is 5.88 Å². The fraction of sp³-hybridized carbons (Fsp3) is 0.375. The van der Waals surface area contributed by atoms with E-state index in [4.69, 9.17) is 4.74 Å². The molecule has 0 saturated heterocycles. The van der Waals surface area contributed by atoms with Crippen LogP contribution in [0.5, 0.6) is 5.88 Å². The van der Waals surface area contributed by atoms with E-state index >= 15 is 0 Å². The molecule has 106 valence electrons. The number of benzene rings is 1. The summed E-state index contributed by atoms with van der Waals surface area (Å²) < 4.78 is 5.87. The van der Waals surface area contributed by atoms with Crippen LogP contribution >= 0.6 is 0 Å². The number of nitrogens with zero attached hydrogens (tertiary/aromatic N) is 2. The van der Waals surface area contributed by atoms with Crippen molar-refractivity contribution in [3.05, 3.63) is 47.3 Å². The molecule has 0 unspecified atom stereocenters. The largest absolute Gasteiger partial charge is 0.472 e. The zero-order valence-electron chi connectivity index (χ0n) is 12.5. The predicted molar refractivity (Wildman–Crippen MR) is 81.2 cm³/mol. The van der Waals surface area contributed by atoms with Crippen LogP contribution in [-0.4, -0.2) is 17.0 Å². The fourth-order valence-electron chi connectivity index (χ4n) is 1.88. The van der Waals surface area contributed by atoms with Crippen LogP contribution in [0.25, 0.3) is 0 Å². The zero-order valence-corrected chi connectivity index (χ0v) is 12.5. The quantitative estimate of drug-likeness (QED) is 0.903. The molecule has 1 aromatic carbocycles. The Bertz CT molecular complexity index is 567. The van der Waals surface area contributed by atoms with Gasteiger partial charge in [-0.15, -0.1) is 0 Å². The number of hydrogen-bond donors (Lipinski definition) is 1. The monoisotopic (exact) mass is 271 g/mol. The highest BCUT2D eigenvalue weighted by Crippen LogP contribution is 2.25. The number of aromatic nitrogens is 2. The topological polar surface area (TPSA) is 47.0 Å². The zero-order chi connectivity index (χ0) is 14.5. The van der Waals surface area contributed by atoms with Crippen LogP contribution < -0.4 is 10.1 Å². The SMILES string of the molecule is CNc1nc(C(C)C)nc(OCc2ccccc2)c1C. The van der Waals surface area contributed by atoms with Gasteiger partial charge in [-0.05, 0) is 12.5 Å². The first-order valence-corrected chi connectivity index (χ1v) is 6.84. The second-order valence-corrected chi connectivity index (χ2v) is 5.04. The molecule has 0 aliphatic heterocycles. The molecule has 1 aromatic heterocycles. The Morgan fingerprint density at radius 1 is 1.15 bits per heavy atom. The third-order valence-corrected chi connectivity index (χ3v) is 3.09. The van der Waals surface area contributed by atoms with E-state index in [9.17, 15) is 0 Å². The number of anilines is 1. The van der Waals surface area contributed by atoms with Gasteiger partial charge in [-0.3, -0.25) is 0 Å². The van der Waals surface area contributed by atoms with E-state index in [1.54, 1.807) is 0 Å². The van der Waals surface area contributed by atoms with E-state index in [1.807, 2.05) is 44.3 Å². The lowest BCUT2D eigenvalue weighted by atomic mass is 10.2.